The molecule has 0 aromatic heterocycles. The van der Waals surface area contributed by atoms with Gasteiger partial charge in [-0.2, -0.15) is 0 Å². The van der Waals surface area contributed by atoms with Gasteiger partial charge in [0.1, 0.15) is 12.2 Å². The minimum atomic E-state index is -1.53. The zero-order valence-corrected chi connectivity index (χ0v) is 30.3. The molecule has 50 heavy (non-hydrogen) atoms. The van der Waals surface area contributed by atoms with Crippen molar-refractivity contribution in [3.63, 3.8) is 0 Å². The van der Waals surface area contributed by atoms with Crippen LogP contribution in [0.15, 0.2) is 0 Å². The lowest BCUT2D eigenvalue weighted by Gasteiger charge is -2.33. The monoisotopic (exact) mass is 719 g/mol. The molecule has 15 nitrogen and oxygen atoms in total. The van der Waals surface area contributed by atoms with Gasteiger partial charge in [-0.15, -0.1) is 0 Å². The third-order valence-corrected chi connectivity index (χ3v) is 8.78. The van der Waals surface area contributed by atoms with Crippen LogP contribution < -0.4 is 5.73 Å². The highest BCUT2D eigenvalue weighted by Crippen LogP contribution is 2.29. The Morgan fingerprint density at radius 3 is 1.74 bits per heavy atom. The number of carbonyl (C=O) groups excluding carboxylic acids is 3. The molecule has 0 aromatic carbocycles. The van der Waals surface area contributed by atoms with Crippen LogP contribution in [0.3, 0.4) is 0 Å². The van der Waals surface area contributed by atoms with E-state index in [9.17, 15) is 49.2 Å². The number of unbranched alkanes of at least 4 members (excludes halogenated alkanes) is 4. The van der Waals surface area contributed by atoms with Crippen LogP contribution in [0.2, 0.25) is 0 Å². The van der Waals surface area contributed by atoms with Crippen LogP contribution in [0.5, 0.6) is 0 Å². The molecular formula is C35H61NO14. The third-order valence-electron chi connectivity index (χ3n) is 8.78. The molecule has 0 aliphatic heterocycles. The van der Waals surface area contributed by atoms with Gasteiger partial charge in [0.25, 0.3) is 0 Å². The van der Waals surface area contributed by atoms with Gasteiger partial charge in [-0.25, -0.2) is 0 Å². The van der Waals surface area contributed by atoms with E-state index in [4.69, 9.17) is 20.3 Å². The molecule has 290 valence electrons. The minimum Gasteiger partial charge on any atom is -0.481 e. The first kappa shape index (κ1) is 46.7. The number of nitrogens with two attached hydrogens (primary N) is 1. The number of methoxy groups -OCH3 is 1. The number of aliphatic carboxylic acids is 3. The van der Waals surface area contributed by atoms with E-state index >= 15 is 0 Å². The molecule has 0 heterocycles. The summed E-state index contributed by atoms with van der Waals surface area (Å²) in [6, 6.07) is -0.426. The highest BCUT2D eigenvalue weighted by atomic mass is 16.6. The Morgan fingerprint density at radius 2 is 1.22 bits per heavy atom. The van der Waals surface area contributed by atoms with Gasteiger partial charge in [0.15, 0.2) is 0 Å². The van der Waals surface area contributed by atoms with Crippen LogP contribution >= 0.6 is 0 Å². The predicted molar refractivity (Wildman–Crippen MR) is 181 cm³/mol. The SMILES string of the molecule is CCCC[C@@H](C)[C@@H](OC(=O)CC(CC(=O)O)C(=O)O)[C@H](C[C@@H](C)CCCCCCC(O)C[C@H](O)[C@H](C)N)OC(=O)CC(CC(=O)O)C(=O)OC. The Kier molecular flexibility index (Phi) is 23.9. The third kappa shape index (κ3) is 21.0. The molecule has 0 radical (unpaired) electrons. The van der Waals surface area contributed by atoms with Crippen molar-refractivity contribution in [3.05, 3.63) is 0 Å². The zero-order valence-electron chi connectivity index (χ0n) is 30.3. The fraction of sp³-hybridized carbons (Fsp3) is 0.829. The second-order valence-corrected chi connectivity index (χ2v) is 13.6. The summed E-state index contributed by atoms with van der Waals surface area (Å²) in [5.74, 6) is -10.2. The largest absolute Gasteiger partial charge is 0.481 e. The first-order valence-electron chi connectivity index (χ1n) is 17.7. The number of carbonyl (C=O) groups is 6. The molecular weight excluding hydrogens is 658 g/mol. The van der Waals surface area contributed by atoms with Crippen molar-refractivity contribution in [3.8, 4) is 0 Å². The van der Waals surface area contributed by atoms with Crippen molar-refractivity contribution in [1.82, 2.24) is 0 Å². The number of carboxylic acid groups (broad SMARTS) is 3. The molecule has 0 aliphatic rings. The summed E-state index contributed by atoms with van der Waals surface area (Å²) in [7, 11) is 1.07. The number of esters is 3. The number of aliphatic hydroxyl groups excluding tert-OH is 2. The van der Waals surface area contributed by atoms with Crippen LogP contribution in [0, 0.1) is 23.7 Å². The maximum absolute atomic E-state index is 13.2. The molecule has 0 saturated carbocycles. The second kappa shape index (κ2) is 25.6. The first-order valence-corrected chi connectivity index (χ1v) is 17.7. The second-order valence-electron chi connectivity index (χ2n) is 13.6. The molecule has 15 heteroatoms. The summed E-state index contributed by atoms with van der Waals surface area (Å²) in [6.45, 7) is 7.38. The van der Waals surface area contributed by atoms with Crippen LogP contribution in [-0.4, -0.2) is 98.9 Å². The highest BCUT2D eigenvalue weighted by molar-refractivity contribution is 5.84. The van der Waals surface area contributed by atoms with Gasteiger partial charge in [0, 0.05) is 12.5 Å². The number of hydrogen-bond donors (Lipinski definition) is 6. The number of carboxylic acids is 3. The Balaban J connectivity index is 5.91. The lowest BCUT2D eigenvalue weighted by Crippen LogP contribution is -2.42. The van der Waals surface area contributed by atoms with Gasteiger partial charge in [-0.05, 0) is 38.0 Å². The maximum atomic E-state index is 13.2. The van der Waals surface area contributed by atoms with Crippen LogP contribution in [0.1, 0.15) is 124 Å². The Morgan fingerprint density at radius 1 is 0.680 bits per heavy atom. The van der Waals surface area contributed by atoms with Crippen LogP contribution in [0.4, 0.5) is 0 Å². The first-order chi connectivity index (χ1) is 23.4. The number of aliphatic hydroxyl groups is 2. The Hall–Kier alpha value is -3.30. The molecule has 0 aliphatic carbocycles. The molecule has 0 bridgehead atoms. The Labute approximate surface area is 295 Å². The summed E-state index contributed by atoms with van der Waals surface area (Å²) in [5.41, 5.74) is 5.66. The van der Waals surface area contributed by atoms with Gasteiger partial charge in [0.2, 0.25) is 0 Å². The predicted octanol–water partition coefficient (Wildman–Crippen LogP) is 3.68. The summed E-state index contributed by atoms with van der Waals surface area (Å²) in [6.07, 6.45) is 0.766. The normalized spacial score (nSPS) is 16.8. The van der Waals surface area contributed by atoms with E-state index in [-0.39, 0.29) is 24.7 Å². The van der Waals surface area contributed by atoms with Gasteiger partial charge in [-0.3, -0.25) is 28.8 Å². The van der Waals surface area contributed by atoms with Crippen LogP contribution in [0.25, 0.3) is 0 Å². The lowest BCUT2D eigenvalue weighted by molar-refractivity contribution is -0.177. The lowest BCUT2D eigenvalue weighted by atomic mass is 9.87. The zero-order chi connectivity index (χ0) is 38.4. The van der Waals surface area contributed by atoms with Crippen molar-refractivity contribution in [2.24, 2.45) is 29.4 Å². The van der Waals surface area contributed by atoms with E-state index in [1.165, 1.54) is 0 Å². The molecule has 0 fully saturated rings. The highest BCUT2D eigenvalue weighted by Gasteiger charge is 2.37. The van der Waals surface area contributed by atoms with E-state index in [2.05, 4.69) is 4.74 Å². The van der Waals surface area contributed by atoms with E-state index < -0.39 is 104 Å². The number of rotatable bonds is 29. The number of hydrogen-bond acceptors (Lipinski definition) is 12. The molecule has 9 atom stereocenters. The molecule has 0 aromatic rings. The Bertz CT molecular complexity index is 1050. The van der Waals surface area contributed by atoms with Crippen molar-refractivity contribution in [2.75, 3.05) is 7.11 Å². The van der Waals surface area contributed by atoms with Gasteiger partial charge in [0.05, 0.1) is 56.8 Å². The molecule has 0 spiro atoms. The summed E-state index contributed by atoms with van der Waals surface area (Å²) in [5, 5.41) is 47.8. The van der Waals surface area contributed by atoms with Crippen molar-refractivity contribution >= 4 is 35.8 Å². The van der Waals surface area contributed by atoms with Gasteiger partial charge in [-0.1, -0.05) is 65.7 Å². The fourth-order valence-electron chi connectivity index (χ4n) is 5.74. The van der Waals surface area contributed by atoms with E-state index in [0.717, 1.165) is 45.6 Å². The fourth-order valence-corrected chi connectivity index (χ4v) is 5.74. The number of ether oxygens (including phenoxy) is 3. The average Bonchev–Trinajstić information content (AvgIpc) is 3.02. The molecule has 7 N–H and O–H groups in total. The quantitative estimate of drug-likeness (QED) is 0.0366. The molecule has 0 rings (SSSR count). The van der Waals surface area contributed by atoms with E-state index in [0.29, 0.717) is 19.3 Å². The van der Waals surface area contributed by atoms with Crippen molar-refractivity contribution < 1.29 is 68.5 Å². The van der Waals surface area contributed by atoms with E-state index in [1.807, 2.05) is 13.8 Å². The minimum absolute atomic E-state index is 0.0617. The standard InChI is InChI=1S/C35H61NO14/c1-6-7-13-22(3)33(50-32(44)18-24(34(45)46)16-29(39)40)28(49-31(43)19-25(17-30(41)42)35(47)48-5)15-21(2)12-10-8-9-11-14-26(37)20-27(38)23(4)36/h21-28,33,37-38H,6-20,36H2,1-5H3,(H,39,40)(H,41,42)(H,45,46)/t21-,22+,23-,24?,25?,26?,27-,28-,33+/m0/s1. The summed E-state index contributed by atoms with van der Waals surface area (Å²) in [4.78, 5) is 72.6. The average molecular weight is 720 g/mol. The molecule has 0 saturated heterocycles. The van der Waals surface area contributed by atoms with Gasteiger partial charge < -0.3 is 45.5 Å². The van der Waals surface area contributed by atoms with Crippen LogP contribution in [-0.2, 0) is 43.0 Å². The maximum Gasteiger partial charge on any atom is 0.309 e. The summed E-state index contributed by atoms with van der Waals surface area (Å²) >= 11 is 0. The summed E-state index contributed by atoms with van der Waals surface area (Å²) < 4.78 is 16.3. The smallest absolute Gasteiger partial charge is 0.309 e. The van der Waals surface area contributed by atoms with Crippen molar-refractivity contribution in [2.45, 2.75) is 154 Å². The van der Waals surface area contributed by atoms with E-state index in [1.54, 1.807) is 13.8 Å². The van der Waals surface area contributed by atoms with Crippen molar-refractivity contribution in [1.29, 1.82) is 0 Å². The van der Waals surface area contributed by atoms with Gasteiger partial charge >= 0.3 is 35.8 Å². The topological polar surface area (TPSA) is 257 Å². The molecule has 3 unspecified atom stereocenters. The molecule has 0 amide bonds.